The molecule has 2 aromatic heterocycles. The summed E-state index contributed by atoms with van der Waals surface area (Å²) in [6.45, 7) is 7.80. The molecule has 2 heterocycles. The Balaban J connectivity index is 1.91. The maximum absolute atomic E-state index is 12.7. The van der Waals surface area contributed by atoms with Crippen molar-refractivity contribution in [3.05, 3.63) is 41.2 Å². The smallest absolute Gasteiger partial charge is 0.255 e. The maximum atomic E-state index is 12.7. The van der Waals surface area contributed by atoms with Crippen LogP contribution in [0, 0.1) is 13.8 Å². The zero-order valence-corrected chi connectivity index (χ0v) is 15.0. The van der Waals surface area contributed by atoms with Gasteiger partial charge in [0.05, 0.1) is 23.1 Å². The lowest BCUT2D eigenvalue weighted by molar-refractivity contribution is 0.102. The molecule has 0 aliphatic carbocycles. The molecule has 3 rings (SSSR count). The first-order valence-corrected chi connectivity index (χ1v) is 8.08. The molecule has 3 aromatic rings. The van der Waals surface area contributed by atoms with Crippen LogP contribution < -0.4 is 5.32 Å². The number of carbonyl (C=O) groups excluding carboxylic acids is 1. The second-order valence-electron chi connectivity index (χ2n) is 6.25. The number of nitrogens with zero attached hydrogens (tertiary/aromatic N) is 6. The Morgan fingerprint density at radius 2 is 2.00 bits per heavy atom. The maximum Gasteiger partial charge on any atom is 0.255 e. The Morgan fingerprint density at radius 3 is 2.64 bits per heavy atom. The second-order valence-corrected chi connectivity index (χ2v) is 6.25. The number of aromatic nitrogens is 6. The molecule has 1 aromatic carbocycles. The van der Waals surface area contributed by atoms with Crippen molar-refractivity contribution in [1.29, 1.82) is 0 Å². The molecule has 8 heteroatoms. The molecule has 1 N–H and O–H groups in total. The van der Waals surface area contributed by atoms with Gasteiger partial charge in [-0.1, -0.05) is 12.1 Å². The Hall–Kier alpha value is -3.03. The van der Waals surface area contributed by atoms with Crippen molar-refractivity contribution < 1.29 is 4.79 Å². The van der Waals surface area contributed by atoms with E-state index < -0.39 is 0 Å². The van der Waals surface area contributed by atoms with Crippen LogP contribution in [0.4, 0.5) is 5.69 Å². The molecule has 0 aliphatic rings. The van der Waals surface area contributed by atoms with Gasteiger partial charge in [-0.25, -0.2) is 4.68 Å². The topological polar surface area (TPSA) is 90.5 Å². The highest BCUT2D eigenvalue weighted by Crippen LogP contribution is 2.22. The predicted molar refractivity (Wildman–Crippen MR) is 94.3 cm³/mol. The highest BCUT2D eigenvalue weighted by atomic mass is 16.1. The summed E-state index contributed by atoms with van der Waals surface area (Å²) < 4.78 is 3.48. The van der Waals surface area contributed by atoms with Gasteiger partial charge in [-0.15, -0.1) is 5.10 Å². The minimum atomic E-state index is -0.190. The van der Waals surface area contributed by atoms with Gasteiger partial charge in [0.2, 0.25) is 0 Å². The van der Waals surface area contributed by atoms with Gasteiger partial charge in [0.1, 0.15) is 0 Å². The molecule has 0 spiro atoms. The summed E-state index contributed by atoms with van der Waals surface area (Å²) in [7, 11) is 1.85. The molecule has 0 bridgehead atoms. The molecule has 130 valence electrons. The molecule has 0 fully saturated rings. The first-order valence-electron chi connectivity index (χ1n) is 8.08. The molecule has 0 saturated carbocycles. The fourth-order valence-corrected chi connectivity index (χ4v) is 2.67. The normalized spacial score (nSPS) is 11.1. The third-order valence-electron chi connectivity index (χ3n) is 4.11. The second kappa shape index (κ2) is 6.46. The highest BCUT2D eigenvalue weighted by Gasteiger charge is 2.16. The number of rotatable bonds is 4. The van der Waals surface area contributed by atoms with Crippen molar-refractivity contribution in [3.8, 4) is 11.4 Å². The van der Waals surface area contributed by atoms with Crippen LogP contribution in [0.3, 0.4) is 0 Å². The highest BCUT2D eigenvalue weighted by molar-refractivity contribution is 6.05. The Morgan fingerprint density at radius 1 is 1.24 bits per heavy atom. The Kier molecular flexibility index (Phi) is 4.35. The number of hydrogen-bond acceptors (Lipinski definition) is 5. The molecule has 0 aliphatic heterocycles. The lowest BCUT2D eigenvalue weighted by atomic mass is 10.1. The van der Waals surface area contributed by atoms with Gasteiger partial charge in [-0.3, -0.25) is 9.48 Å². The lowest BCUT2D eigenvalue weighted by Crippen LogP contribution is -2.13. The van der Waals surface area contributed by atoms with Crippen molar-refractivity contribution in [2.24, 2.45) is 7.05 Å². The van der Waals surface area contributed by atoms with Gasteiger partial charge < -0.3 is 5.32 Å². The summed E-state index contributed by atoms with van der Waals surface area (Å²) in [5, 5.41) is 19.1. The van der Waals surface area contributed by atoms with E-state index in [-0.39, 0.29) is 11.9 Å². The fraction of sp³-hybridized carbons (Fsp3) is 0.353. The number of aryl methyl sites for hydroxylation is 2. The van der Waals surface area contributed by atoms with E-state index >= 15 is 0 Å². The molecule has 0 unspecified atom stereocenters. The molecule has 8 nitrogen and oxygen atoms in total. The van der Waals surface area contributed by atoms with E-state index in [1.54, 1.807) is 21.5 Å². The molecule has 0 saturated heterocycles. The first-order chi connectivity index (χ1) is 11.9. The van der Waals surface area contributed by atoms with Crippen LogP contribution in [0.2, 0.25) is 0 Å². The third kappa shape index (κ3) is 3.15. The van der Waals surface area contributed by atoms with Gasteiger partial charge in [-0.05, 0) is 50.3 Å². The van der Waals surface area contributed by atoms with Crippen LogP contribution in [0.1, 0.15) is 41.6 Å². The van der Waals surface area contributed by atoms with E-state index in [0.717, 1.165) is 22.6 Å². The Bertz CT molecular complexity index is 923. The van der Waals surface area contributed by atoms with Crippen molar-refractivity contribution >= 4 is 11.6 Å². The number of amides is 1. The summed E-state index contributed by atoms with van der Waals surface area (Å²) in [6, 6.07) is 7.40. The van der Waals surface area contributed by atoms with E-state index in [0.29, 0.717) is 11.4 Å². The van der Waals surface area contributed by atoms with E-state index in [2.05, 4.69) is 25.9 Å². The molecule has 0 atom stereocenters. The van der Waals surface area contributed by atoms with Crippen molar-refractivity contribution in [2.45, 2.75) is 33.7 Å². The number of nitrogens with one attached hydrogen (secondary N) is 1. The number of hydrogen-bond donors (Lipinski definition) is 1. The quantitative estimate of drug-likeness (QED) is 0.789. The predicted octanol–water partition coefficient (Wildman–Crippen LogP) is 2.52. The van der Waals surface area contributed by atoms with Gasteiger partial charge >= 0.3 is 0 Å². The molecule has 0 radical (unpaired) electrons. The molecule has 1 amide bonds. The van der Waals surface area contributed by atoms with Crippen LogP contribution in [-0.4, -0.2) is 35.9 Å². The standard InChI is InChI=1S/C17H21N7O/c1-10(2)24-16(19-21-22-24)13-7-6-8-14(9-13)17(25)18-15-11(3)20-23(5)12(15)4/h6-10H,1-5H3,(H,18,25). The first kappa shape index (κ1) is 16.8. The van der Waals surface area contributed by atoms with Crippen molar-refractivity contribution in [1.82, 2.24) is 30.0 Å². The third-order valence-corrected chi connectivity index (χ3v) is 4.11. The van der Waals surface area contributed by atoms with Gasteiger partial charge in [0.25, 0.3) is 5.91 Å². The van der Waals surface area contributed by atoms with E-state index in [1.165, 1.54) is 0 Å². The molecular formula is C17H21N7O. The van der Waals surface area contributed by atoms with Crippen LogP contribution >= 0.6 is 0 Å². The minimum Gasteiger partial charge on any atom is -0.319 e. The van der Waals surface area contributed by atoms with Crippen LogP contribution in [0.25, 0.3) is 11.4 Å². The SMILES string of the molecule is Cc1nn(C)c(C)c1NC(=O)c1cccc(-c2nnnn2C(C)C)c1. The fourth-order valence-electron chi connectivity index (χ4n) is 2.67. The van der Waals surface area contributed by atoms with Crippen LogP contribution in [0.5, 0.6) is 0 Å². The van der Waals surface area contributed by atoms with Crippen molar-refractivity contribution in [3.63, 3.8) is 0 Å². The Labute approximate surface area is 145 Å². The number of carbonyl (C=O) groups is 1. The average molecular weight is 339 g/mol. The number of benzene rings is 1. The summed E-state index contributed by atoms with van der Waals surface area (Å²) >= 11 is 0. The van der Waals surface area contributed by atoms with Gasteiger partial charge in [0.15, 0.2) is 5.82 Å². The molecular weight excluding hydrogens is 318 g/mol. The average Bonchev–Trinajstić information content (AvgIpc) is 3.16. The number of tetrazole rings is 1. The zero-order valence-electron chi connectivity index (χ0n) is 15.0. The summed E-state index contributed by atoms with van der Waals surface area (Å²) in [5.74, 6) is 0.447. The minimum absolute atomic E-state index is 0.128. The summed E-state index contributed by atoms with van der Waals surface area (Å²) in [4.78, 5) is 12.7. The van der Waals surface area contributed by atoms with Gasteiger partial charge in [-0.2, -0.15) is 5.10 Å². The molecule has 25 heavy (non-hydrogen) atoms. The lowest BCUT2D eigenvalue weighted by Gasteiger charge is -2.09. The number of anilines is 1. The van der Waals surface area contributed by atoms with E-state index in [4.69, 9.17) is 0 Å². The van der Waals surface area contributed by atoms with Gasteiger partial charge in [0, 0.05) is 18.2 Å². The largest absolute Gasteiger partial charge is 0.319 e. The van der Waals surface area contributed by atoms with Crippen molar-refractivity contribution in [2.75, 3.05) is 5.32 Å². The van der Waals surface area contributed by atoms with Crippen LogP contribution in [0.15, 0.2) is 24.3 Å². The monoisotopic (exact) mass is 339 g/mol. The summed E-state index contributed by atoms with van der Waals surface area (Å²) in [6.07, 6.45) is 0. The summed E-state index contributed by atoms with van der Waals surface area (Å²) in [5.41, 5.74) is 3.77. The zero-order chi connectivity index (χ0) is 18.1. The van der Waals surface area contributed by atoms with Crippen LogP contribution in [-0.2, 0) is 7.05 Å². The van der Waals surface area contributed by atoms with E-state index in [1.807, 2.05) is 46.9 Å². The van der Waals surface area contributed by atoms with E-state index in [9.17, 15) is 4.79 Å².